The molecule has 0 saturated heterocycles. The average Bonchev–Trinajstić information content (AvgIpc) is 2.44. The van der Waals surface area contributed by atoms with Gasteiger partial charge in [0.25, 0.3) is 0 Å². The molecule has 19 heavy (non-hydrogen) atoms. The molecule has 1 aliphatic carbocycles. The summed E-state index contributed by atoms with van der Waals surface area (Å²) in [6, 6.07) is 2.50. The third-order valence-corrected chi connectivity index (χ3v) is 6.59. The Morgan fingerprint density at radius 2 is 2.11 bits per heavy atom. The van der Waals surface area contributed by atoms with E-state index in [0.29, 0.717) is 16.6 Å². The Morgan fingerprint density at radius 1 is 1.42 bits per heavy atom. The standard InChI is InChI=1S/C16H29NOS/c1-5-16(3,4)14-7-6-13(9-17)15(8-14)19-11-12(2)10-18/h12-15,18H,5-8,10-11H2,1-4H3. The minimum atomic E-state index is 0.208. The van der Waals surface area contributed by atoms with Crippen molar-refractivity contribution in [3.63, 3.8) is 0 Å². The Kier molecular flexibility index (Phi) is 6.69. The van der Waals surface area contributed by atoms with Gasteiger partial charge in [-0.1, -0.05) is 34.1 Å². The summed E-state index contributed by atoms with van der Waals surface area (Å²) in [5, 5.41) is 18.9. The summed E-state index contributed by atoms with van der Waals surface area (Å²) in [5.41, 5.74) is 0.391. The predicted octanol–water partition coefficient (Wildman–Crippen LogP) is 4.09. The normalized spacial score (nSPS) is 29.8. The first-order valence-corrected chi connectivity index (χ1v) is 8.61. The van der Waals surface area contributed by atoms with Crippen LogP contribution in [0.15, 0.2) is 0 Å². The molecule has 0 amide bonds. The molecule has 0 aromatic heterocycles. The Morgan fingerprint density at radius 3 is 2.63 bits per heavy atom. The lowest BCUT2D eigenvalue weighted by atomic mass is 9.67. The SMILES string of the molecule is CCC(C)(C)C1CCC(C#N)C(SCC(C)CO)C1. The number of nitriles is 1. The van der Waals surface area contributed by atoms with Crippen molar-refractivity contribution >= 4 is 11.8 Å². The highest BCUT2D eigenvalue weighted by Gasteiger charge is 2.37. The molecule has 1 rings (SSSR count). The molecule has 2 nitrogen and oxygen atoms in total. The van der Waals surface area contributed by atoms with E-state index in [1.807, 2.05) is 11.8 Å². The van der Waals surface area contributed by atoms with E-state index < -0.39 is 0 Å². The zero-order valence-corrected chi connectivity index (χ0v) is 13.7. The second kappa shape index (κ2) is 7.55. The van der Waals surface area contributed by atoms with Gasteiger partial charge in [-0.05, 0) is 42.3 Å². The van der Waals surface area contributed by atoms with Gasteiger partial charge >= 0.3 is 0 Å². The molecule has 1 fully saturated rings. The van der Waals surface area contributed by atoms with Gasteiger partial charge in [0.15, 0.2) is 0 Å². The first kappa shape index (κ1) is 16.9. The summed E-state index contributed by atoms with van der Waals surface area (Å²) in [6.07, 6.45) is 4.63. The molecule has 0 bridgehead atoms. The van der Waals surface area contributed by atoms with Gasteiger partial charge in [-0.2, -0.15) is 17.0 Å². The van der Waals surface area contributed by atoms with Crippen LogP contribution in [0, 0.1) is 34.5 Å². The van der Waals surface area contributed by atoms with Crippen LogP contribution in [0.25, 0.3) is 0 Å². The van der Waals surface area contributed by atoms with Crippen LogP contribution in [-0.2, 0) is 0 Å². The maximum atomic E-state index is 9.32. The molecule has 110 valence electrons. The van der Waals surface area contributed by atoms with Gasteiger partial charge in [0.05, 0.1) is 12.0 Å². The minimum Gasteiger partial charge on any atom is -0.396 e. The maximum absolute atomic E-state index is 9.32. The zero-order chi connectivity index (χ0) is 14.5. The molecule has 4 unspecified atom stereocenters. The van der Waals surface area contributed by atoms with Crippen molar-refractivity contribution in [2.24, 2.45) is 23.2 Å². The molecule has 0 aromatic carbocycles. The molecule has 1 aliphatic rings. The van der Waals surface area contributed by atoms with E-state index in [4.69, 9.17) is 5.11 Å². The van der Waals surface area contributed by atoms with Crippen molar-refractivity contribution in [3.05, 3.63) is 0 Å². The van der Waals surface area contributed by atoms with Crippen molar-refractivity contribution in [2.45, 2.75) is 58.6 Å². The molecule has 0 aromatic rings. The fourth-order valence-corrected chi connectivity index (χ4v) is 4.28. The van der Waals surface area contributed by atoms with Crippen molar-refractivity contribution in [3.8, 4) is 6.07 Å². The summed E-state index contributed by atoms with van der Waals surface area (Å²) >= 11 is 1.91. The van der Waals surface area contributed by atoms with E-state index in [9.17, 15) is 5.26 Å². The van der Waals surface area contributed by atoms with Gasteiger partial charge in [0.1, 0.15) is 0 Å². The fraction of sp³-hybridized carbons (Fsp3) is 0.938. The lowest BCUT2D eigenvalue weighted by Gasteiger charge is -2.41. The first-order chi connectivity index (χ1) is 8.94. The molecule has 0 radical (unpaired) electrons. The summed E-state index contributed by atoms with van der Waals surface area (Å²) < 4.78 is 0. The lowest BCUT2D eigenvalue weighted by Crippen LogP contribution is -2.34. The van der Waals surface area contributed by atoms with Gasteiger partial charge in [0.2, 0.25) is 0 Å². The third kappa shape index (κ3) is 4.68. The summed E-state index contributed by atoms with van der Waals surface area (Å²) in [7, 11) is 0. The highest BCUT2D eigenvalue weighted by Crippen LogP contribution is 2.45. The summed E-state index contributed by atoms with van der Waals surface area (Å²) in [5.74, 6) is 2.26. The van der Waals surface area contributed by atoms with Gasteiger partial charge in [-0.3, -0.25) is 0 Å². The average molecular weight is 283 g/mol. The zero-order valence-electron chi connectivity index (χ0n) is 12.9. The van der Waals surface area contributed by atoms with Gasteiger partial charge < -0.3 is 5.11 Å². The molecule has 0 aliphatic heterocycles. The van der Waals surface area contributed by atoms with Crippen molar-refractivity contribution in [2.75, 3.05) is 12.4 Å². The fourth-order valence-electron chi connectivity index (χ4n) is 2.80. The van der Waals surface area contributed by atoms with Crippen LogP contribution in [0.2, 0.25) is 0 Å². The molecule has 4 atom stereocenters. The van der Waals surface area contributed by atoms with Gasteiger partial charge in [0, 0.05) is 11.9 Å². The Bertz CT molecular complexity index is 310. The number of aliphatic hydroxyl groups excluding tert-OH is 1. The van der Waals surface area contributed by atoms with Crippen molar-refractivity contribution in [1.82, 2.24) is 0 Å². The van der Waals surface area contributed by atoms with Crippen LogP contribution in [0.5, 0.6) is 0 Å². The van der Waals surface area contributed by atoms with Crippen molar-refractivity contribution < 1.29 is 5.11 Å². The Balaban J connectivity index is 2.61. The van der Waals surface area contributed by atoms with Crippen LogP contribution in [0.4, 0.5) is 0 Å². The molecule has 1 saturated carbocycles. The van der Waals surface area contributed by atoms with Crippen LogP contribution in [0.3, 0.4) is 0 Å². The van der Waals surface area contributed by atoms with Gasteiger partial charge in [-0.15, -0.1) is 0 Å². The maximum Gasteiger partial charge on any atom is 0.0667 e. The van der Waals surface area contributed by atoms with Crippen LogP contribution in [0.1, 0.15) is 53.4 Å². The highest BCUT2D eigenvalue weighted by molar-refractivity contribution is 7.99. The number of nitrogens with zero attached hydrogens (tertiary/aromatic N) is 1. The van der Waals surface area contributed by atoms with E-state index in [1.165, 1.54) is 19.3 Å². The van der Waals surface area contributed by atoms with Crippen LogP contribution >= 0.6 is 11.8 Å². The Hall–Kier alpha value is -0.200. The summed E-state index contributed by atoms with van der Waals surface area (Å²) in [4.78, 5) is 0. The molecule has 1 N–H and O–H groups in total. The summed E-state index contributed by atoms with van der Waals surface area (Å²) in [6.45, 7) is 9.32. The smallest absolute Gasteiger partial charge is 0.0667 e. The number of hydrogen-bond donors (Lipinski definition) is 1. The van der Waals surface area contributed by atoms with E-state index in [0.717, 1.165) is 18.1 Å². The van der Waals surface area contributed by atoms with Crippen LogP contribution in [-0.4, -0.2) is 22.7 Å². The van der Waals surface area contributed by atoms with E-state index in [2.05, 4.69) is 33.8 Å². The van der Waals surface area contributed by atoms with Gasteiger partial charge in [-0.25, -0.2) is 0 Å². The first-order valence-electron chi connectivity index (χ1n) is 7.56. The Labute approximate surface area is 123 Å². The number of hydrogen-bond acceptors (Lipinski definition) is 3. The highest BCUT2D eigenvalue weighted by atomic mass is 32.2. The monoisotopic (exact) mass is 283 g/mol. The minimum absolute atomic E-state index is 0.208. The molecular formula is C16H29NOS. The molecule has 0 heterocycles. The van der Waals surface area contributed by atoms with Crippen LogP contribution < -0.4 is 0 Å². The van der Waals surface area contributed by atoms with E-state index >= 15 is 0 Å². The third-order valence-electron chi connectivity index (χ3n) is 4.88. The lowest BCUT2D eigenvalue weighted by molar-refractivity contribution is 0.143. The molecular weight excluding hydrogens is 254 g/mol. The van der Waals surface area contributed by atoms with E-state index in [1.54, 1.807) is 0 Å². The quantitative estimate of drug-likeness (QED) is 0.798. The molecule has 0 spiro atoms. The number of aliphatic hydroxyl groups is 1. The second-order valence-electron chi connectivity index (χ2n) is 6.75. The predicted molar refractivity (Wildman–Crippen MR) is 83.0 cm³/mol. The second-order valence-corrected chi connectivity index (χ2v) is 8.02. The largest absolute Gasteiger partial charge is 0.396 e. The van der Waals surface area contributed by atoms with E-state index in [-0.39, 0.29) is 12.5 Å². The number of thioether (sulfide) groups is 1. The topological polar surface area (TPSA) is 44.0 Å². The number of rotatable bonds is 6. The van der Waals surface area contributed by atoms with Crippen molar-refractivity contribution in [1.29, 1.82) is 5.26 Å². The molecule has 3 heteroatoms.